The molecule has 0 aliphatic carbocycles. The van der Waals surface area contributed by atoms with Crippen LogP contribution in [-0.2, 0) is 23.1 Å². The highest BCUT2D eigenvalue weighted by Gasteiger charge is 2.43. The average Bonchev–Trinajstić information content (AvgIpc) is 2.52. The zero-order chi connectivity index (χ0) is 19.0. The summed E-state index contributed by atoms with van der Waals surface area (Å²) in [5.41, 5.74) is 0.0555. The quantitative estimate of drug-likeness (QED) is 0.489. The van der Waals surface area contributed by atoms with Gasteiger partial charge in [-0.3, -0.25) is 9.36 Å². The molecule has 1 amide bonds. The SMILES string of the molecule is CCOC(=O)[C@@H](NC(=O)c1ccc(Cl)cc1Cl)P(=O)(OCC)OCC. The van der Waals surface area contributed by atoms with Crippen LogP contribution in [0.3, 0.4) is 0 Å². The minimum absolute atomic E-state index is 0.0186. The van der Waals surface area contributed by atoms with Crippen molar-refractivity contribution in [1.82, 2.24) is 5.32 Å². The molecule has 0 saturated carbocycles. The fourth-order valence-corrected chi connectivity index (χ4v) is 4.10. The summed E-state index contributed by atoms with van der Waals surface area (Å²) in [5, 5.41) is 2.76. The molecule has 0 radical (unpaired) electrons. The number of nitrogens with one attached hydrogen (secondary N) is 1. The first-order valence-corrected chi connectivity index (χ1v) is 9.97. The van der Waals surface area contributed by atoms with E-state index >= 15 is 0 Å². The Morgan fingerprint density at radius 3 is 2.20 bits per heavy atom. The van der Waals surface area contributed by atoms with E-state index in [9.17, 15) is 14.2 Å². The van der Waals surface area contributed by atoms with Gasteiger partial charge in [0.2, 0.25) is 5.78 Å². The molecule has 0 spiro atoms. The number of hydrogen-bond donors (Lipinski definition) is 1. The summed E-state index contributed by atoms with van der Waals surface area (Å²) < 4.78 is 28.1. The van der Waals surface area contributed by atoms with E-state index in [-0.39, 0.29) is 30.4 Å². The molecule has 7 nitrogen and oxygen atoms in total. The summed E-state index contributed by atoms with van der Waals surface area (Å²) in [4.78, 5) is 24.7. The molecule has 10 heteroatoms. The van der Waals surface area contributed by atoms with Gasteiger partial charge in [0, 0.05) is 5.02 Å². The van der Waals surface area contributed by atoms with E-state index in [1.165, 1.54) is 18.2 Å². The van der Waals surface area contributed by atoms with Crippen molar-refractivity contribution < 1.29 is 27.9 Å². The van der Waals surface area contributed by atoms with Gasteiger partial charge in [0.05, 0.1) is 30.4 Å². The first-order chi connectivity index (χ1) is 11.8. The van der Waals surface area contributed by atoms with Crippen molar-refractivity contribution in [2.45, 2.75) is 26.6 Å². The second-order valence-electron chi connectivity index (χ2n) is 4.63. The van der Waals surface area contributed by atoms with Crippen molar-refractivity contribution in [2.75, 3.05) is 19.8 Å². The van der Waals surface area contributed by atoms with E-state index in [4.69, 9.17) is 37.0 Å². The maximum Gasteiger partial charge on any atom is 0.364 e. The standard InChI is InChI=1S/C15H20Cl2NO6P/c1-4-22-15(20)14(25(21,23-5-2)24-6-3)18-13(19)11-8-7-10(16)9-12(11)17/h7-9,14H,4-6H2,1-3H3,(H,18,19)/t14-/m0/s1. The van der Waals surface area contributed by atoms with Crippen LogP contribution in [0.2, 0.25) is 10.0 Å². The Morgan fingerprint density at radius 1 is 1.12 bits per heavy atom. The van der Waals surface area contributed by atoms with Crippen LogP contribution in [-0.4, -0.2) is 37.5 Å². The first-order valence-electron chi connectivity index (χ1n) is 7.60. The second-order valence-corrected chi connectivity index (χ2v) is 7.58. The number of halogens is 2. The Morgan fingerprint density at radius 2 is 1.72 bits per heavy atom. The highest BCUT2D eigenvalue weighted by Crippen LogP contribution is 2.52. The molecule has 1 N–H and O–H groups in total. The van der Waals surface area contributed by atoms with E-state index in [1.807, 2.05) is 0 Å². The molecule has 1 atom stereocenters. The van der Waals surface area contributed by atoms with Crippen molar-refractivity contribution in [2.24, 2.45) is 0 Å². The minimum Gasteiger partial charge on any atom is -0.464 e. The maximum absolute atomic E-state index is 12.9. The Labute approximate surface area is 156 Å². The van der Waals surface area contributed by atoms with E-state index in [2.05, 4.69) is 5.32 Å². The second kappa shape index (κ2) is 10.1. The molecule has 0 aliphatic rings. The molecule has 0 aromatic heterocycles. The van der Waals surface area contributed by atoms with Crippen LogP contribution in [0.4, 0.5) is 0 Å². The van der Waals surface area contributed by atoms with Gasteiger partial charge < -0.3 is 19.1 Å². The molecular weight excluding hydrogens is 392 g/mol. The molecule has 25 heavy (non-hydrogen) atoms. The summed E-state index contributed by atoms with van der Waals surface area (Å²) in [7, 11) is -3.99. The largest absolute Gasteiger partial charge is 0.464 e. The smallest absolute Gasteiger partial charge is 0.364 e. The van der Waals surface area contributed by atoms with Gasteiger partial charge in [-0.25, -0.2) is 4.79 Å². The summed E-state index contributed by atoms with van der Waals surface area (Å²) in [6.45, 7) is 4.83. The van der Waals surface area contributed by atoms with Crippen molar-refractivity contribution >= 4 is 42.7 Å². The number of ether oxygens (including phenoxy) is 1. The fraction of sp³-hybridized carbons (Fsp3) is 0.467. The van der Waals surface area contributed by atoms with E-state index in [0.717, 1.165) is 0 Å². The van der Waals surface area contributed by atoms with Gasteiger partial charge in [0.15, 0.2) is 0 Å². The molecule has 1 aromatic rings. The summed E-state index contributed by atoms with van der Waals surface area (Å²) in [5.74, 6) is -3.28. The van der Waals surface area contributed by atoms with Crippen LogP contribution in [0, 0.1) is 0 Å². The number of esters is 1. The monoisotopic (exact) mass is 411 g/mol. The van der Waals surface area contributed by atoms with Crippen LogP contribution < -0.4 is 5.32 Å². The molecule has 0 unspecified atom stereocenters. The van der Waals surface area contributed by atoms with Gasteiger partial charge in [-0.15, -0.1) is 0 Å². The van der Waals surface area contributed by atoms with Crippen LogP contribution in [0.15, 0.2) is 18.2 Å². The third-order valence-electron chi connectivity index (χ3n) is 2.89. The van der Waals surface area contributed by atoms with E-state index < -0.39 is 25.3 Å². The number of hydrogen-bond acceptors (Lipinski definition) is 6. The third-order valence-corrected chi connectivity index (χ3v) is 5.64. The normalized spacial score (nSPS) is 12.5. The number of rotatable bonds is 9. The van der Waals surface area contributed by atoms with Gasteiger partial charge in [0.25, 0.3) is 5.91 Å². The van der Waals surface area contributed by atoms with E-state index in [0.29, 0.717) is 5.02 Å². The van der Waals surface area contributed by atoms with Crippen molar-refractivity contribution in [1.29, 1.82) is 0 Å². The molecule has 0 bridgehead atoms. The van der Waals surface area contributed by atoms with Crippen LogP contribution in [0.25, 0.3) is 0 Å². The zero-order valence-electron chi connectivity index (χ0n) is 14.1. The lowest BCUT2D eigenvalue weighted by Crippen LogP contribution is -2.42. The lowest BCUT2D eigenvalue weighted by molar-refractivity contribution is -0.143. The fourth-order valence-electron chi connectivity index (χ4n) is 1.91. The summed E-state index contributed by atoms with van der Waals surface area (Å²) in [6, 6.07) is 4.23. The van der Waals surface area contributed by atoms with Crippen LogP contribution >= 0.6 is 30.8 Å². The minimum atomic E-state index is -3.99. The zero-order valence-corrected chi connectivity index (χ0v) is 16.5. The van der Waals surface area contributed by atoms with Gasteiger partial charge in [-0.2, -0.15) is 0 Å². The van der Waals surface area contributed by atoms with Gasteiger partial charge >= 0.3 is 13.6 Å². The molecule has 0 saturated heterocycles. The highest BCUT2D eigenvalue weighted by atomic mass is 35.5. The predicted octanol–water partition coefficient (Wildman–Crippen LogP) is 3.88. The predicted molar refractivity (Wildman–Crippen MR) is 95.2 cm³/mol. The van der Waals surface area contributed by atoms with Crippen LogP contribution in [0.5, 0.6) is 0 Å². The van der Waals surface area contributed by atoms with Crippen LogP contribution in [0.1, 0.15) is 31.1 Å². The van der Waals surface area contributed by atoms with E-state index in [1.54, 1.807) is 20.8 Å². The molecular formula is C15H20Cl2NO6P. The molecule has 0 heterocycles. The molecule has 0 aliphatic heterocycles. The van der Waals surface area contributed by atoms with Crippen molar-refractivity contribution in [3.05, 3.63) is 33.8 Å². The molecule has 1 aromatic carbocycles. The third kappa shape index (κ3) is 5.97. The highest BCUT2D eigenvalue weighted by molar-refractivity contribution is 7.55. The molecule has 0 fully saturated rings. The number of amides is 1. The topological polar surface area (TPSA) is 90.9 Å². The molecule has 1 rings (SSSR count). The number of carbonyl (C=O) groups is 2. The van der Waals surface area contributed by atoms with Gasteiger partial charge in [-0.05, 0) is 39.0 Å². The molecule has 140 valence electrons. The Bertz CT molecular complexity index is 659. The van der Waals surface area contributed by atoms with Crippen molar-refractivity contribution in [3.63, 3.8) is 0 Å². The first kappa shape index (κ1) is 21.9. The summed E-state index contributed by atoms with van der Waals surface area (Å²) in [6.07, 6.45) is 0. The number of benzene rings is 1. The van der Waals surface area contributed by atoms with Gasteiger partial charge in [-0.1, -0.05) is 23.2 Å². The lowest BCUT2D eigenvalue weighted by Gasteiger charge is -2.25. The number of carbonyl (C=O) groups excluding carboxylic acids is 2. The summed E-state index contributed by atoms with van der Waals surface area (Å²) >= 11 is 11.8. The lowest BCUT2D eigenvalue weighted by atomic mass is 10.2. The van der Waals surface area contributed by atoms with Gasteiger partial charge in [0.1, 0.15) is 0 Å². The average molecular weight is 412 g/mol. The Kier molecular flexibility index (Phi) is 8.89. The Balaban J connectivity index is 3.17. The Hall–Kier alpha value is -1.11. The maximum atomic E-state index is 12.9. The van der Waals surface area contributed by atoms with Crippen molar-refractivity contribution in [3.8, 4) is 0 Å².